The number of piperazine rings is 1. The van der Waals surface area contributed by atoms with Gasteiger partial charge in [-0.15, -0.1) is 0 Å². The highest BCUT2D eigenvalue weighted by Crippen LogP contribution is 2.15. The lowest BCUT2D eigenvalue weighted by atomic mass is 10.2. The van der Waals surface area contributed by atoms with Crippen LogP contribution in [-0.2, 0) is 0 Å². The number of rotatable bonds is 7. The first-order chi connectivity index (χ1) is 11.1. The molecular weight excluding hydrogens is 288 g/mol. The maximum atomic E-state index is 6.05. The third kappa shape index (κ3) is 5.62. The number of likely N-dealkylation sites (tertiary alicyclic amines) is 1. The molecule has 0 aromatic rings. The van der Waals surface area contributed by atoms with Crippen LogP contribution < -0.4 is 11.1 Å². The minimum absolute atomic E-state index is 0.466. The van der Waals surface area contributed by atoms with E-state index in [0.29, 0.717) is 18.0 Å². The summed E-state index contributed by atoms with van der Waals surface area (Å²) in [7, 11) is 0. The molecule has 6 nitrogen and oxygen atoms in total. The largest absolute Gasteiger partial charge is 0.370 e. The number of nitrogens with two attached hydrogens (primary N) is 1. The quantitative estimate of drug-likeness (QED) is 0.524. The summed E-state index contributed by atoms with van der Waals surface area (Å²) in [6, 6.07) is 1.08. The van der Waals surface area contributed by atoms with Gasteiger partial charge >= 0.3 is 0 Å². The molecule has 6 heteroatoms. The number of guanidine groups is 1. The van der Waals surface area contributed by atoms with Crippen LogP contribution in [0.2, 0.25) is 0 Å². The van der Waals surface area contributed by atoms with E-state index in [1.807, 2.05) is 0 Å². The van der Waals surface area contributed by atoms with Gasteiger partial charge in [0.1, 0.15) is 0 Å². The molecule has 0 bridgehead atoms. The Bertz CT molecular complexity index is 364. The highest BCUT2D eigenvalue weighted by atomic mass is 15.3. The molecule has 0 amide bonds. The lowest BCUT2D eigenvalue weighted by Crippen LogP contribution is -2.50. The number of nitrogens with one attached hydrogen (secondary N) is 1. The first kappa shape index (κ1) is 18.5. The molecule has 2 rings (SSSR count). The van der Waals surface area contributed by atoms with Gasteiger partial charge in [0.15, 0.2) is 5.96 Å². The van der Waals surface area contributed by atoms with Crippen molar-refractivity contribution >= 4 is 5.96 Å². The number of nitrogens with zero attached hydrogens (tertiary/aromatic N) is 4. The van der Waals surface area contributed by atoms with Gasteiger partial charge < -0.3 is 16.0 Å². The number of hydrogen-bond donors (Lipinski definition) is 2. The summed E-state index contributed by atoms with van der Waals surface area (Å²) in [4.78, 5) is 12.1. The molecule has 2 aliphatic rings. The van der Waals surface area contributed by atoms with Crippen LogP contribution in [0.4, 0.5) is 0 Å². The molecule has 0 aromatic heterocycles. The molecule has 2 fully saturated rings. The average Bonchev–Trinajstić information content (AvgIpc) is 3.05. The Balaban J connectivity index is 1.67. The molecule has 2 aliphatic heterocycles. The maximum absolute atomic E-state index is 6.05. The van der Waals surface area contributed by atoms with E-state index in [1.54, 1.807) is 0 Å². The molecule has 0 saturated carbocycles. The van der Waals surface area contributed by atoms with E-state index in [-0.39, 0.29) is 0 Å². The summed E-state index contributed by atoms with van der Waals surface area (Å²) < 4.78 is 0. The fraction of sp³-hybridized carbons (Fsp3) is 0.941. The second kappa shape index (κ2) is 9.45. The second-order valence-electron chi connectivity index (χ2n) is 6.85. The minimum atomic E-state index is 0.466. The van der Waals surface area contributed by atoms with Gasteiger partial charge in [-0.25, -0.2) is 0 Å². The van der Waals surface area contributed by atoms with Gasteiger partial charge in [-0.1, -0.05) is 13.8 Å². The summed E-state index contributed by atoms with van der Waals surface area (Å²) in [5.74, 6) is 0.604. The molecule has 2 atom stereocenters. The molecule has 0 aromatic carbocycles. The predicted molar refractivity (Wildman–Crippen MR) is 97.9 cm³/mol. The van der Waals surface area contributed by atoms with Crippen LogP contribution in [0.3, 0.4) is 0 Å². The SMILES string of the molecule is CCN1CCN(C(C)CN=C(N)NCC2CCCN2CC)CC1. The van der Waals surface area contributed by atoms with Crippen molar-refractivity contribution in [2.24, 2.45) is 10.7 Å². The van der Waals surface area contributed by atoms with Gasteiger partial charge in [0.25, 0.3) is 0 Å². The topological polar surface area (TPSA) is 60.1 Å². The van der Waals surface area contributed by atoms with Crippen LogP contribution >= 0.6 is 0 Å². The zero-order valence-electron chi connectivity index (χ0n) is 15.3. The molecule has 2 saturated heterocycles. The first-order valence-corrected chi connectivity index (χ1v) is 9.38. The van der Waals surface area contributed by atoms with Crippen molar-refractivity contribution in [3.8, 4) is 0 Å². The Morgan fingerprint density at radius 1 is 1.17 bits per heavy atom. The molecule has 2 heterocycles. The monoisotopic (exact) mass is 324 g/mol. The third-order valence-corrected chi connectivity index (χ3v) is 5.43. The molecule has 0 aliphatic carbocycles. The zero-order chi connectivity index (χ0) is 16.7. The summed E-state index contributed by atoms with van der Waals surface area (Å²) in [6.07, 6.45) is 2.57. The van der Waals surface area contributed by atoms with Crippen LogP contribution in [-0.4, -0.2) is 91.6 Å². The van der Waals surface area contributed by atoms with E-state index in [1.165, 1.54) is 32.5 Å². The van der Waals surface area contributed by atoms with Crippen molar-refractivity contribution in [1.82, 2.24) is 20.0 Å². The lowest BCUT2D eigenvalue weighted by Gasteiger charge is -2.37. The Morgan fingerprint density at radius 3 is 2.57 bits per heavy atom. The van der Waals surface area contributed by atoms with E-state index >= 15 is 0 Å². The van der Waals surface area contributed by atoms with Gasteiger partial charge in [0, 0.05) is 44.8 Å². The smallest absolute Gasteiger partial charge is 0.188 e. The predicted octanol–water partition coefficient (Wildman–Crippen LogP) is 0.401. The Hall–Kier alpha value is -0.850. The van der Waals surface area contributed by atoms with E-state index in [0.717, 1.165) is 39.3 Å². The molecular formula is C17H36N6. The molecule has 0 spiro atoms. The Labute approximate surface area is 142 Å². The maximum Gasteiger partial charge on any atom is 0.188 e. The van der Waals surface area contributed by atoms with E-state index in [2.05, 4.69) is 45.8 Å². The van der Waals surface area contributed by atoms with E-state index in [9.17, 15) is 0 Å². The zero-order valence-corrected chi connectivity index (χ0v) is 15.3. The van der Waals surface area contributed by atoms with Crippen molar-refractivity contribution in [3.63, 3.8) is 0 Å². The van der Waals surface area contributed by atoms with E-state index < -0.39 is 0 Å². The summed E-state index contributed by atoms with van der Waals surface area (Å²) in [6.45, 7) is 16.6. The van der Waals surface area contributed by atoms with Crippen molar-refractivity contribution in [2.75, 3.05) is 58.9 Å². The van der Waals surface area contributed by atoms with Gasteiger partial charge in [-0.05, 0) is 39.4 Å². The fourth-order valence-corrected chi connectivity index (χ4v) is 3.69. The first-order valence-electron chi connectivity index (χ1n) is 9.38. The van der Waals surface area contributed by atoms with Crippen LogP contribution in [0.5, 0.6) is 0 Å². The highest BCUT2D eigenvalue weighted by molar-refractivity contribution is 5.77. The summed E-state index contributed by atoms with van der Waals surface area (Å²) in [5.41, 5.74) is 6.05. The van der Waals surface area contributed by atoms with Crippen LogP contribution in [0.15, 0.2) is 4.99 Å². The number of likely N-dealkylation sites (N-methyl/N-ethyl adjacent to an activating group) is 2. The van der Waals surface area contributed by atoms with Crippen molar-refractivity contribution < 1.29 is 0 Å². The van der Waals surface area contributed by atoms with Gasteiger partial charge in [0.05, 0.1) is 6.54 Å². The van der Waals surface area contributed by atoms with Crippen LogP contribution in [0.25, 0.3) is 0 Å². The number of hydrogen-bond acceptors (Lipinski definition) is 4. The van der Waals surface area contributed by atoms with Crippen molar-refractivity contribution in [1.29, 1.82) is 0 Å². The van der Waals surface area contributed by atoms with Gasteiger partial charge in [-0.2, -0.15) is 0 Å². The Kier molecular flexibility index (Phi) is 7.59. The third-order valence-electron chi connectivity index (χ3n) is 5.43. The number of aliphatic imine (C=N–C) groups is 1. The van der Waals surface area contributed by atoms with E-state index in [4.69, 9.17) is 5.73 Å². The standard InChI is InChI=1S/C17H36N6/c1-4-21-9-11-23(12-10-21)15(3)13-19-17(18)20-14-16-7-6-8-22(16)5-2/h15-16H,4-14H2,1-3H3,(H3,18,19,20). The molecule has 0 radical (unpaired) electrons. The molecule has 3 N–H and O–H groups in total. The second-order valence-corrected chi connectivity index (χ2v) is 6.85. The van der Waals surface area contributed by atoms with Crippen molar-refractivity contribution in [3.05, 3.63) is 0 Å². The van der Waals surface area contributed by atoms with Gasteiger partial charge in [0.2, 0.25) is 0 Å². The summed E-state index contributed by atoms with van der Waals surface area (Å²) in [5, 5.41) is 3.32. The highest BCUT2D eigenvalue weighted by Gasteiger charge is 2.23. The molecule has 2 unspecified atom stereocenters. The fourth-order valence-electron chi connectivity index (χ4n) is 3.69. The average molecular weight is 325 g/mol. The van der Waals surface area contributed by atoms with Gasteiger partial charge in [-0.3, -0.25) is 14.8 Å². The van der Waals surface area contributed by atoms with Crippen molar-refractivity contribution in [2.45, 2.75) is 45.7 Å². The summed E-state index contributed by atoms with van der Waals surface area (Å²) >= 11 is 0. The van der Waals surface area contributed by atoms with Crippen LogP contribution in [0.1, 0.15) is 33.6 Å². The lowest BCUT2D eigenvalue weighted by molar-refractivity contribution is 0.109. The van der Waals surface area contributed by atoms with Crippen LogP contribution in [0, 0.1) is 0 Å². The molecule has 23 heavy (non-hydrogen) atoms. The Morgan fingerprint density at radius 2 is 1.91 bits per heavy atom. The normalized spacial score (nSPS) is 26.6. The minimum Gasteiger partial charge on any atom is -0.370 e. The molecule has 134 valence electrons.